The molecule has 3 heteroatoms. The molecule has 3 rings (SSSR count). The Morgan fingerprint density at radius 1 is 1.11 bits per heavy atom. The SMILES string of the molecule is CC1=C(C)C[C@]2(Cc3ccc(C)cc3C2=O)S(=O)C1. The predicted molar refractivity (Wildman–Crippen MR) is 77.9 cm³/mol. The number of benzene rings is 1. The quantitative estimate of drug-likeness (QED) is 0.682. The van der Waals surface area contributed by atoms with Crippen LogP contribution in [0.15, 0.2) is 29.3 Å². The van der Waals surface area contributed by atoms with Crippen molar-refractivity contribution < 1.29 is 9.00 Å². The van der Waals surface area contributed by atoms with E-state index in [2.05, 4.69) is 6.92 Å². The number of allylic oxidation sites excluding steroid dienone is 1. The van der Waals surface area contributed by atoms with Crippen LogP contribution in [0.25, 0.3) is 0 Å². The highest BCUT2D eigenvalue weighted by Crippen LogP contribution is 2.42. The lowest BCUT2D eigenvalue weighted by Crippen LogP contribution is -2.45. The van der Waals surface area contributed by atoms with Crippen LogP contribution in [0.1, 0.15) is 41.8 Å². The van der Waals surface area contributed by atoms with Crippen molar-refractivity contribution in [3.05, 3.63) is 46.0 Å². The lowest BCUT2D eigenvalue weighted by molar-refractivity contribution is 0.0954. The molecule has 2 nitrogen and oxygen atoms in total. The number of rotatable bonds is 0. The summed E-state index contributed by atoms with van der Waals surface area (Å²) in [6.07, 6.45) is 1.29. The van der Waals surface area contributed by atoms with Crippen molar-refractivity contribution in [2.24, 2.45) is 0 Å². The van der Waals surface area contributed by atoms with E-state index in [0.29, 0.717) is 18.6 Å². The summed E-state index contributed by atoms with van der Waals surface area (Å²) in [4.78, 5) is 12.8. The molecule has 0 bridgehead atoms. The van der Waals surface area contributed by atoms with E-state index in [1.807, 2.05) is 32.0 Å². The zero-order valence-corrected chi connectivity index (χ0v) is 12.4. The van der Waals surface area contributed by atoms with E-state index in [1.54, 1.807) is 0 Å². The molecule has 0 fully saturated rings. The van der Waals surface area contributed by atoms with Gasteiger partial charge in [0, 0.05) is 22.1 Å². The molecular weight excluding hydrogens is 256 g/mol. The zero-order valence-electron chi connectivity index (χ0n) is 11.6. The Bertz CT molecular complexity index is 642. The van der Waals surface area contributed by atoms with Gasteiger partial charge in [0.25, 0.3) is 0 Å². The molecule has 1 heterocycles. The predicted octanol–water partition coefficient (Wildman–Crippen LogP) is 2.96. The minimum Gasteiger partial charge on any atom is -0.292 e. The van der Waals surface area contributed by atoms with Crippen LogP contribution in [0.3, 0.4) is 0 Å². The molecule has 1 aliphatic carbocycles. The number of ketones is 1. The second-order valence-corrected chi connectivity index (χ2v) is 7.65. The normalized spacial score (nSPS) is 30.1. The third-order valence-corrected chi connectivity index (χ3v) is 6.50. The van der Waals surface area contributed by atoms with Gasteiger partial charge in [-0.15, -0.1) is 0 Å². The maximum atomic E-state index is 12.8. The Morgan fingerprint density at radius 3 is 2.58 bits per heavy atom. The van der Waals surface area contributed by atoms with E-state index in [1.165, 1.54) is 11.1 Å². The highest BCUT2D eigenvalue weighted by molar-refractivity contribution is 7.87. The van der Waals surface area contributed by atoms with Crippen LogP contribution in [0, 0.1) is 6.92 Å². The Balaban J connectivity index is 2.11. The second kappa shape index (κ2) is 4.14. The molecule has 0 amide bonds. The van der Waals surface area contributed by atoms with Gasteiger partial charge in [-0.1, -0.05) is 28.8 Å². The number of hydrogen-bond donors (Lipinski definition) is 0. The van der Waals surface area contributed by atoms with Crippen LogP contribution < -0.4 is 0 Å². The molecular formula is C16H18O2S. The first-order valence-electron chi connectivity index (χ1n) is 6.62. The van der Waals surface area contributed by atoms with Gasteiger partial charge in [-0.2, -0.15) is 0 Å². The Morgan fingerprint density at radius 2 is 1.84 bits per heavy atom. The van der Waals surface area contributed by atoms with Gasteiger partial charge in [0.05, 0.1) is 0 Å². The first-order valence-corrected chi connectivity index (χ1v) is 7.94. The van der Waals surface area contributed by atoms with E-state index in [-0.39, 0.29) is 5.78 Å². The number of Topliss-reactive ketones (excluding diaryl/α,β-unsaturated/α-hetero) is 1. The van der Waals surface area contributed by atoms with Crippen molar-refractivity contribution in [2.45, 2.75) is 38.4 Å². The molecule has 2 atom stereocenters. The lowest BCUT2D eigenvalue weighted by Gasteiger charge is -2.32. The van der Waals surface area contributed by atoms with Crippen molar-refractivity contribution in [1.29, 1.82) is 0 Å². The summed E-state index contributed by atoms with van der Waals surface area (Å²) in [6, 6.07) is 6.00. The summed E-state index contributed by atoms with van der Waals surface area (Å²) in [5, 5.41) is 0. The molecule has 0 radical (unpaired) electrons. The van der Waals surface area contributed by atoms with Gasteiger partial charge < -0.3 is 0 Å². The molecule has 0 saturated heterocycles. The van der Waals surface area contributed by atoms with Crippen molar-refractivity contribution in [3.8, 4) is 0 Å². The fourth-order valence-corrected chi connectivity index (χ4v) is 5.06. The van der Waals surface area contributed by atoms with Crippen LogP contribution in [-0.2, 0) is 17.2 Å². The molecule has 19 heavy (non-hydrogen) atoms. The number of aryl methyl sites for hydroxylation is 1. The fourth-order valence-electron chi connectivity index (χ4n) is 3.13. The summed E-state index contributed by atoms with van der Waals surface area (Å²) in [6.45, 7) is 6.08. The maximum absolute atomic E-state index is 12.8. The van der Waals surface area contributed by atoms with Crippen molar-refractivity contribution >= 4 is 16.6 Å². The van der Waals surface area contributed by atoms with E-state index in [0.717, 1.165) is 16.7 Å². The van der Waals surface area contributed by atoms with Crippen LogP contribution >= 0.6 is 0 Å². The van der Waals surface area contributed by atoms with E-state index in [9.17, 15) is 9.00 Å². The second-order valence-electron chi connectivity index (χ2n) is 5.89. The Labute approximate surface area is 116 Å². The number of carbonyl (C=O) groups is 1. The standard InChI is InChI=1S/C16H18O2S/c1-10-4-5-13-8-16(15(17)14(13)6-10)7-11(2)12(3)9-19(16)18/h4-6H,7-9H2,1-3H3/t16-,19?/m1/s1. The average Bonchev–Trinajstić information content (AvgIpc) is 2.62. The molecule has 0 saturated carbocycles. The third-order valence-electron chi connectivity index (χ3n) is 4.46. The van der Waals surface area contributed by atoms with Crippen LogP contribution in [0.4, 0.5) is 0 Å². The van der Waals surface area contributed by atoms with Crippen molar-refractivity contribution in [1.82, 2.24) is 0 Å². The van der Waals surface area contributed by atoms with Gasteiger partial charge in [-0.05, 0) is 45.2 Å². The highest BCUT2D eigenvalue weighted by atomic mass is 32.2. The lowest BCUT2D eigenvalue weighted by atomic mass is 9.92. The molecule has 2 aliphatic rings. The molecule has 1 unspecified atom stereocenters. The fraction of sp³-hybridized carbons (Fsp3) is 0.438. The number of carbonyl (C=O) groups excluding carboxylic acids is 1. The van der Waals surface area contributed by atoms with Gasteiger partial charge in [-0.3, -0.25) is 9.00 Å². The average molecular weight is 274 g/mol. The Hall–Kier alpha value is -1.22. The minimum absolute atomic E-state index is 0.0939. The van der Waals surface area contributed by atoms with E-state index in [4.69, 9.17) is 0 Å². The minimum atomic E-state index is -1.10. The Kier molecular flexibility index (Phi) is 2.79. The molecule has 1 aromatic rings. The molecule has 1 spiro atoms. The molecule has 0 N–H and O–H groups in total. The van der Waals surface area contributed by atoms with Crippen LogP contribution in [0.5, 0.6) is 0 Å². The number of fused-ring (bicyclic) bond motifs is 1. The first kappa shape index (κ1) is 12.8. The van der Waals surface area contributed by atoms with Gasteiger partial charge >= 0.3 is 0 Å². The van der Waals surface area contributed by atoms with Crippen LogP contribution in [0.2, 0.25) is 0 Å². The zero-order chi connectivity index (χ0) is 13.8. The van der Waals surface area contributed by atoms with Gasteiger partial charge in [0.15, 0.2) is 5.78 Å². The highest BCUT2D eigenvalue weighted by Gasteiger charge is 2.51. The summed E-state index contributed by atoms with van der Waals surface area (Å²) in [5.41, 5.74) is 5.37. The van der Waals surface area contributed by atoms with Crippen LogP contribution in [-0.4, -0.2) is 20.5 Å². The van der Waals surface area contributed by atoms with E-state index >= 15 is 0 Å². The van der Waals surface area contributed by atoms with E-state index < -0.39 is 15.5 Å². The van der Waals surface area contributed by atoms with Crippen molar-refractivity contribution in [3.63, 3.8) is 0 Å². The third kappa shape index (κ3) is 1.75. The molecule has 0 aromatic heterocycles. The smallest absolute Gasteiger partial charge is 0.182 e. The number of hydrogen-bond acceptors (Lipinski definition) is 2. The summed E-state index contributed by atoms with van der Waals surface area (Å²) < 4.78 is 11.9. The first-order chi connectivity index (χ1) is 8.94. The van der Waals surface area contributed by atoms with Gasteiger partial charge in [-0.25, -0.2) is 0 Å². The summed E-state index contributed by atoms with van der Waals surface area (Å²) >= 11 is 0. The molecule has 100 valence electrons. The molecule has 1 aliphatic heterocycles. The molecule has 1 aromatic carbocycles. The largest absolute Gasteiger partial charge is 0.292 e. The maximum Gasteiger partial charge on any atom is 0.182 e. The monoisotopic (exact) mass is 274 g/mol. The van der Waals surface area contributed by atoms with Gasteiger partial charge in [0.2, 0.25) is 0 Å². The van der Waals surface area contributed by atoms with Gasteiger partial charge in [0.1, 0.15) is 4.75 Å². The van der Waals surface area contributed by atoms with Crippen molar-refractivity contribution in [2.75, 3.05) is 5.75 Å². The topological polar surface area (TPSA) is 34.1 Å². The summed E-state index contributed by atoms with van der Waals surface area (Å²) in [7, 11) is -1.10. The summed E-state index contributed by atoms with van der Waals surface area (Å²) in [5.74, 6) is 0.640.